The first-order valence-electron chi connectivity index (χ1n) is 8.60. The maximum Gasteiger partial charge on any atom is 0.335 e. The topological polar surface area (TPSA) is 120 Å². The van der Waals surface area contributed by atoms with Crippen molar-refractivity contribution in [1.82, 2.24) is 9.97 Å². The molecule has 0 aliphatic heterocycles. The predicted molar refractivity (Wildman–Crippen MR) is 107 cm³/mol. The van der Waals surface area contributed by atoms with Gasteiger partial charge >= 0.3 is 5.97 Å². The molecule has 0 saturated carbocycles. The van der Waals surface area contributed by atoms with Crippen molar-refractivity contribution < 1.29 is 14.3 Å². The van der Waals surface area contributed by atoms with E-state index in [4.69, 9.17) is 9.52 Å². The predicted octanol–water partition coefficient (Wildman–Crippen LogP) is 3.95. The number of aromatic amines is 1. The molecule has 29 heavy (non-hydrogen) atoms. The number of carbonyl (C=O) groups is 1. The van der Waals surface area contributed by atoms with Gasteiger partial charge in [0.25, 0.3) is 5.56 Å². The molecule has 2 N–H and O–H groups in total. The number of aromatic carboxylic acids is 1. The summed E-state index contributed by atoms with van der Waals surface area (Å²) in [5.74, 6) is 0.0650. The maximum absolute atomic E-state index is 12.2. The Balaban J connectivity index is 1.69. The number of carboxylic acids is 1. The number of allylic oxidation sites excluding steroid dienone is 1. The fourth-order valence-corrected chi connectivity index (χ4v) is 2.87. The largest absolute Gasteiger partial charge is 0.478 e. The average Bonchev–Trinajstić information content (AvgIpc) is 3.20. The minimum atomic E-state index is -1.00. The number of nitrogens with one attached hydrogen (secondary N) is 1. The smallest absolute Gasteiger partial charge is 0.335 e. The minimum absolute atomic E-state index is 0.148. The van der Waals surface area contributed by atoms with Crippen LogP contribution in [0, 0.1) is 11.3 Å². The van der Waals surface area contributed by atoms with Crippen molar-refractivity contribution >= 4 is 28.5 Å². The number of aromatic nitrogens is 2. The second kappa shape index (κ2) is 7.29. The van der Waals surface area contributed by atoms with Gasteiger partial charge in [0.2, 0.25) is 0 Å². The Morgan fingerprint density at radius 3 is 2.59 bits per heavy atom. The molecule has 4 rings (SSSR count). The van der Waals surface area contributed by atoms with Crippen molar-refractivity contribution in [3.8, 4) is 17.4 Å². The molecule has 2 aromatic heterocycles. The summed E-state index contributed by atoms with van der Waals surface area (Å²) in [7, 11) is 0. The number of para-hydroxylation sites is 1. The highest BCUT2D eigenvalue weighted by molar-refractivity contribution is 5.89. The van der Waals surface area contributed by atoms with Crippen LogP contribution in [0.2, 0.25) is 0 Å². The molecule has 7 heteroatoms. The van der Waals surface area contributed by atoms with Crippen molar-refractivity contribution in [1.29, 1.82) is 5.26 Å². The van der Waals surface area contributed by atoms with Gasteiger partial charge < -0.3 is 14.5 Å². The second-order valence-corrected chi connectivity index (χ2v) is 6.19. The second-order valence-electron chi connectivity index (χ2n) is 6.19. The summed E-state index contributed by atoms with van der Waals surface area (Å²) < 4.78 is 5.75. The van der Waals surface area contributed by atoms with E-state index in [1.54, 1.807) is 48.5 Å². The van der Waals surface area contributed by atoms with E-state index in [9.17, 15) is 14.9 Å². The van der Waals surface area contributed by atoms with Crippen molar-refractivity contribution in [3.63, 3.8) is 0 Å². The highest BCUT2D eigenvalue weighted by Gasteiger charge is 2.11. The number of hydrogen-bond acceptors (Lipinski definition) is 5. The number of nitrogens with zero attached hydrogens (tertiary/aromatic N) is 2. The number of fused-ring (bicyclic) bond motifs is 1. The van der Waals surface area contributed by atoms with Crippen molar-refractivity contribution in [2.24, 2.45) is 0 Å². The summed E-state index contributed by atoms with van der Waals surface area (Å²) in [5.41, 5.74) is 1.19. The summed E-state index contributed by atoms with van der Waals surface area (Å²) in [5, 5.41) is 19.0. The Morgan fingerprint density at radius 2 is 1.86 bits per heavy atom. The van der Waals surface area contributed by atoms with Gasteiger partial charge in [0.1, 0.15) is 17.6 Å². The normalized spacial score (nSPS) is 11.3. The summed E-state index contributed by atoms with van der Waals surface area (Å²) in [6.07, 6.45) is 1.49. The molecule has 0 unspecified atom stereocenters. The summed E-state index contributed by atoms with van der Waals surface area (Å²) in [6, 6.07) is 18.6. The molecule has 0 amide bonds. The van der Waals surface area contributed by atoms with Gasteiger partial charge in [-0.15, -0.1) is 0 Å². The van der Waals surface area contributed by atoms with E-state index in [0.717, 1.165) is 0 Å². The summed E-state index contributed by atoms with van der Waals surface area (Å²) in [6.45, 7) is 0. The van der Waals surface area contributed by atoms with Gasteiger partial charge in [-0.25, -0.2) is 9.78 Å². The molecule has 2 heterocycles. The quantitative estimate of drug-likeness (QED) is 0.515. The highest BCUT2D eigenvalue weighted by Crippen LogP contribution is 2.25. The van der Waals surface area contributed by atoms with Crippen LogP contribution < -0.4 is 5.56 Å². The van der Waals surface area contributed by atoms with Gasteiger partial charge in [-0.2, -0.15) is 5.26 Å². The summed E-state index contributed by atoms with van der Waals surface area (Å²) in [4.78, 5) is 30.2. The lowest BCUT2D eigenvalue weighted by atomic mass is 10.1. The Morgan fingerprint density at radius 1 is 1.10 bits per heavy atom. The van der Waals surface area contributed by atoms with E-state index in [1.165, 1.54) is 18.2 Å². The van der Waals surface area contributed by atoms with Gasteiger partial charge in [-0.1, -0.05) is 24.3 Å². The monoisotopic (exact) mass is 383 g/mol. The molecular formula is C22H13N3O4. The zero-order chi connectivity index (χ0) is 20.4. The fraction of sp³-hybridized carbons (Fsp3) is 0. The Labute approximate surface area is 164 Å². The number of rotatable bonds is 4. The third kappa shape index (κ3) is 3.55. The van der Waals surface area contributed by atoms with Gasteiger partial charge in [-0.05, 0) is 36.4 Å². The number of H-pyrrole nitrogens is 1. The van der Waals surface area contributed by atoms with Crippen molar-refractivity contribution in [3.05, 3.63) is 88.2 Å². The zero-order valence-electron chi connectivity index (χ0n) is 14.9. The van der Waals surface area contributed by atoms with Gasteiger partial charge in [0.05, 0.1) is 22.0 Å². The Kier molecular flexibility index (Phi) is 4.51. The molecule has 4 aromatic rings. The molecule has 0 aliphatic rings. The van der Waals surface area contributed by atoms with Crippen LogP contribution in [0.25, 0.3) is 33.9 Å². The first kappa shape index (κ1) is 17.9. The average molecular weight is 383 g/mol. The van der Waals surface area contributed by atoms with Crippen LogP contribution in [0.15, 0.2) is 69.9 Å². The number of carboxylic acid groups (broad SMARTS) is 1. The van der Waals surface area contributed by atoms with E-state index in [-0.39, 0.29) is 22.5 Å². The fourth-order valence-electron chi connectivity index (χ4n) is 2.87. The number of nitriles is 1. The minimum Gasteiger partial charge on any atom is -0.478 e. The lowest BCUT2D eigenvalue weighted by Gasteiger charge is -2.01. The summed E-state index contributed by atoms with van der Waals surface area (Å²) >= 11 is 0. The molecule has 7 nitrogen and oxygen atoms in total. The van der Waals surface area contributed by atoms with E-state index in [0.29, 0.717) is 28.0 Å². The lowest BCUT2D eigenvalue weighted by molar-refractivity contribution is 0.0697. The number of furan rings is 1. The van der Waals surface area contributed by atoms with Gasteiger partial charge in [-0.3, -0.25) is 4.79 Å². The molecule has 140 valence electrons. The van der Waals surface area contributed by atoms with Crippen LogP contribution in [-0.4, -0.2) is 21.0 Å². The third-order valence-corrected chi connectivity index (χ3v) is 4.32. The molecule has 0 atom stereocenters. The lowest BCUT2D eigenvalue weighted by Crippen LogP contribution is -2.11. The number of benzene rings is 2. The van der Waals surface area contributed by atoms with Crippen LogP contribution in [0.4, 0.5) is 0 Å². The molecule has 2 aromatic carbocycles. The Hall–Kier alpha value is -4.44. The standard InChI is InChI=1S/C22H13N3O4/c23-12-15(20-24-18-4-2-1-3-17(18)21(26)25-20)11-16-9-10-19(29-16)13-5-7-14(8-6-13)22(27)28/h1-11H,(H,27,28)(H,24,25,26)/b15-11+. The first-order valence-corrected chi connectivity index (χ1v) is 8.60. The van der Waals surface area contributed by atoms with Crippen LogP contribution in [0.1, 0.15) is 21.9 Å². The van der Waals surface area contributed by atoms with Crippen LogP contribution in [0.5, 0.6) is 0 Å². The number of hydrogen-bond donors (Lipinski definition) is 2. The Bertz CT molecular complexity index is 1360. The van der Waals surface area contributed by atoms with E-state index in [2.05, 4.69) is 9.97 Å². The van der Waals surface area contributed by atoms with Crippen LogP contribution >= 0.6 is 0 Å². The van der Waals surface area contributed by atoms with Gasteiger partial charge in [0, 0.05) is 11.6 Å². The van der Waals surface area contributed by atoms with E-state index < -0.39 is 5.97 Å². The van der Waals surface area contributed by atoms with Crippen LogP contribution in [-0.2, 0) is 0 Å². The van der Waals surface area contributed by atoms with Crippen molar-refractivity contribution in [2.45, 2.75) is 0 Å². The molecule has 0 fully saturated rings. The van der Waals surface area contributed by atoms with Crippen LogP contribution in [0.3, 0.4) is 0 Å². The van der Waals surface area contributed by atoms with Crippen molar-refractivity contribution in [2.75, 3.05) is 0 Å². The molecule has 0 aliphatic carbocycles. The highest BCUT2D eigenvalue weighted by atomic mass is 16.4. The zero-order valence-corrected chi connectivity index (χ0v) is 14.9. The SMILES string of the molecule is N#C/C(=C\c1ccc(-c2ccc(C(=O)O)cc2)o1)c1nc2ccccc2c(=O)[nH]1. The molecule has 0 radical (unpaired) electrons. The third-order valence-electron chi connectivity index (χ3n) is 4.32. The van der Waals surface area contributed by atoms with E-state index >= 15 is 0 Å². The molecule has 0 spiro atoms. The maximum atomic E-state index is 12.2. The molecular weight excluding hydrogens is 370 g/mol. The molecule has 0 saturated heterocycles. The van der Waals surface area contributed by atoms with Gasteiger partial charge in [0.15, 0.2) is 5.82 Å². The van der Waals surface area contributed by atoms with E-state index in [1.807, 2.05) is 6.07 Å². The molecule has 0 bridgehead atoms. The first-order chi connectivity index (χ1) is 14.0.